The number of likely N-dealkylation sites (tertiary alicyclic amines) is 1. The van der Waals surface area contributed by atoms with Crippen LogP contribution < -0.4 is 10.1 Å². The Morgan fingerprint density at radius 3 is 2.64 bits per heavy atom. The maximum absolute atomic E-state index is 13.4. The van der Waals surface area contributed by atoms with Crippen LogP contribution >= 0.6 is 0 Å². The summed E-state index contributed by atoms with van der Waals surface area (Å²) in [6, 6.07) is 2.49. The van der Waals surface area contributed by atoms with Crippen LogP contribution in [0.25, 0.3) is 0 Å². The number of benzene rings is 1. The first-order valence-electron chi connectivity index (χ1n) is 7.15. The van der Waals surface area contributed by atoms with Crippen molar-refractivity contribution in [3.8, 4) is 5.75 Å². The van der Waals surface area contributed by atoms with Gasteiger partial charge in [-0.2, -0.15) is 0 Å². The molecule has 1 atom stereocenters. The fourth-order valence-electron chi connectivity index (χ4n) is 2.20. The van der Waals surface area contributed by atoms with E-state index in [9.17, 15) is 18.4 Å². The van der Waals surface area contributed by atoms with Crippen LogP contribution in [-0.4, -0.2) is 42.5 Å². The lowest BCUT2D eigenvalue weighted by Crippen LogP contribution is -2.46. The standard InChI is InChI=1S/C15H18F2N2O3/c1-10(9-22-13-5-4-11(16)8-12(13)17)18-14(20)15(21)19-6-2-3-7-19/h4-5,8,10H,2-3,6-7,9H2,1H3,(H,18,20)/t10-/m0/s1. The van der Waals surface area contributed by atoms with E-state index >= 15 is 0 Å². The number of nitrogens with zero attached hydrogens (tertiary/aromatic N) is 1. The number of ether oxygens (including phenoxy) is 1. The van der Waals surface area contributed by atoms with Crippen molar-refractivity contribution in [3.05, 3.63) is 29.8 Å². The highest BCUT2D eigenvalue weighted by Crippen LogP contribution is 2.17. The Hall–Kier alpha value is -2.18. The Kier molecular flexibility index (Phi) is 5.30. The van der Waals surface area contributed by atoms with Gasteiger partial charge in [-0.1, -0.05) is 0 Å². The Balaban J connectivity index is 1.80. The molecule has 1 aromatic rings. The quantitative estimate of drug-likeness (QED) is 0.857. The van der Waals surface area contributed by atoms with Gasteiger partial charge in [-0.15, -0.1) is 0 Å². The molecule has 1 fully saturated rings. The minimum absolute atomic E-state index is 0.0262. The molecule has 1 aromatic carbocycles. The highest BCUT2D eigenvalue weighted by atomic mass is 19.1. The molecule has 1 saturated heterocycles. The molecule has 2 amide bonds. The Morgan fingerprint density at radius 1 is 1.32 bits per heavy atom. The molecule has 5 nitrogen and oxygen atoms in total. The Bertz CT molecular complexity index is 560. The molecule has 0 saturated carbocycles. The molecule has 0 spiro atoms. The lowest BCUT2D eigenvalue weighted by molar-refractivity contribution is -0.145. The minimum atomic E-state index is -0.813. The average Bonchev–Trinajstić information content (AvgIpc) is 2.99. The van der Waals surface area contributed by atoms with Crippen molar-refractivity contribution in [1.82, 2.24) is 10.2 Å². The summed E-state index contributed by atoms with van der Waals surface area (Å²) in [6.45, 7) is 2.80. The third-order valence-electron chi connectivity index (χ3n) is 3.35. The van der Waals surface area contributed by atoms with Gasteiger partial charge in [0.1, 0.15) is 12.4 Å². The number of hydrogen-bond acceptors (Lipinski definition) is 3. The first-order chi connectivity index (χ1) is 10.5. The largest absolute Gasteiger partial charge is 0.488 e. The second-order valence-electron chi connectivity index (χ2n) is 5.26. The van der Waals surface area contributed by atoms with Crippen molar-refractivity contribution < 1.29 is 23.1 Å². The number of nitrogens with one attached hydrogen (secondary N) is 1. The number of amides is 2. The van der Waals surface area contributed by atoms with Crippen molar-refractivity contribution in [2.24, 2.45) is 0 Å². The zero-order chi connectivity index (χ0) is 16.1. The lowest BCUT2D eigenvalue weighted by Gasteiger charge is -2.18. The molecule has 120 valence electrons. The van der Waals surface area contributed by atoms with E-state index in [-0.39, 0.29) is 12.4 Å². The second-order valence-corrected chi connectivity index (χ2v) is 5.26. The van der Waals surface area contributed by atoms with Crippen molar-refractivity contribution in [2.45, 2.75) is 25.8 Å². The van der Waals surface area contributed by atoms with Gasteiger partial charge in [0.15, 0.2) is 11.6 Å². The Morgan fingerprint density at radius 2 is 2.00 bits per heavy atom. The maximum Gasteiger partial charge on any atom is 0.311 e. The maximum atomic E-state index is 13.4. The number of hydrogen-bond donors (Lipinski definition) is 1. The molecule has 0 aliphatic carbocycles. The topological polar surface area (TPSA) is 58.6 Å². The van der Waals surface area contributed by atoms with E-state index in [2.05, 4.69) is 5.32 Å². The zero-order valence-corrected chi connectivity index (χ0v) is 12.3. The molecular formula is C15H18F2N2O3. The van der Waals surface area contributed by atoms with Crippen LogP contribution in [0.15, 0.2) is 18.2 Å². The number of halogens is 2. The summed E-state index contributed by atoms with van der Waals surface area (Å²) in [5.74, 6) is -2.86. The van der Waals surface area contributed by atoms with E-state index in [0.717, 1.165) is 25.0 Å². The van der Waals surface area contributed by atoms with E-state index < -0.39 is 29.5 Å². The molecule has 0 aromatic heterocycles. The summed E-state index contributed by atoms with van der Waals surface area (Å²) in [7, 11) is 0. The van der Waals surface area contributed by atoms with E-state index in [1.165, 1.54) is 11.0 Å². The van der Waals surface area contributed by atoms with Gasteiger partial charge in [-0.05, 0) is 31.9 Å². The minimum Gasteiger partial charge on any atom is -0.488 e. The van der Waals surface area contributed by atoms with Gasteiger partial charge in [0.05, 0.1) is 6.04 Å². The summed E-state index contributed by atoms with van der Waals surface area (Å²) in [5.41, 5.74) is 0. The number of carbonyl (C=O) groups excluding carboxylic acids is 2. The predicted molar refractivity (Wildman–Crippen MR) is 75.3 cm³/mol. The molecule has 1 aliphatic rings. The van der Waals surface area contributed by atoms with Crippen LogP contribution in [0, 0.1) is 11.6 Å². The summed E-state index contributed by atoms with van der Waals surface area (Å²) >= 11 is 0. The molecule has 0 bridgehead atoms. The van der Waals surface area contributed by atoms with Gasteiger partial charge in [-0.25, -0.2) is 8.78 Å². The van der Waals surface area contributed by atoms with Crippen LogP contribution in [0.1, 0.15) is 19.8 Å². The lowest BCUT2D eigenvalue weighted by atomic mass is 10.3. The normalized spacial score (nSPS) is 15.5. The molecule has 0 radical (unpaired) electrons. The van der Waals surface area contributed by atoms with Crippen LogP contribution in [-0.2, 0) is 9.59 Å². The van der Waals surface area contributed by atoms with Gasteiger partial charge in [-0.3, -0.25) is 9.59 Å². The molecule has 1 heterocycles. The van der Waals surface area contributed by atoms with Gasteiger partial charge in [0, 0.05) is 19.2 Å². The third kappa shape index (κ3) is 4.16. The number of rotatable bonds is 4. The van der Waals surface area contributed by atoms with Crippen molar-refractivity contribution >= 4 is 11.8 Å². The van der Waals surface area contributed by atoms with Crippen LogP contribution in [0.5, 0.6) is 5.75 Å². The Labute approximate surface area is 127 Å². The molecule has 1 N–H and O–H groups in total. The van der Waals surface area contributed by atoms with Crippen molar-refractivity contribution in [1.29, 1.82) is 0 Å². The van der Waals surface area contributed by atoms with E-state index in [1.54, 1.807) is 6.92 Å². The van der Waals surface area contributed by atoms with Gasteiger partial charge in [0.2, 0.25) is 0 Å². The van der Waals surface area contributed by atoms with E-state index in [4.69, 9.17) is 4.74 Å². The number of carbonyl (C=O) groups is 2. The fraction of sp³-hybridized carbons (Fsp3) is 0.467. The highest BCUT2D eigenvalue weighted by molar-refractivity contribution is 6.35. The SMILES string of the molecule is C[C@@H](COc1ccc(F)cc1F)NC(=O)C(=O)N1CCCC1. The van der Waals surface area contributed by atoms with Gasteiger partial charge in [0.25, 0.3) is 0 Å². The zero-order valence-electron chi connectivity index (χ0n) is 12.3. The van der Waals surface area contributed by atoms with Crippen molar-refractivity contribution in [2.75, 3.05) is 19.7 Å². The summed E-state index contributed by atoms with van der Waals surface area (Å²) in [4.78, 5) is 25.1. The van der Waals surface area contributed by atoms with E-state index in [0.29, 0.717) is 13.1 Å². The fourth-order valence-corrected chi connectivity index (χ4v) is 2.20. The van der Waals surface area contributed by atoms with Crippen LogP contribution in [0.4, 0.5) is 8.78 Å². The molecule has 7 heteroatoms. The first-order valence-corrected chi connectivity index (χ1v) is 7.15. The van der Waals surface area contributed by atoms with E-state index in [1.807, 2.05) is 0 Å². The summed E-state index contributed by atoms with van der Waals surface area (Å²) < 4.78 is 31.3. The molecule has 22 heavy (non-hydrogen) atoms. The molecule has 1 aliphatic heterocycles. The third-order valence-corrected chi connectivity index (χ3v) is 3.35. The molecular weight excluding hydrogens is 294 g/mol. The summed E-state index contributed by atoms with van der Waals surface area (Å²) in [6.07, 6.45) is 1.81. The van der Waals surface area contributed by atoms with Gasteiger partial charge >= 0.3 is 11.8 Å². The molecule has 2 rings (SSSR count). The molecule has 0 unspecified atom stereocenters. The second kappa shape index (κ2) is 7.20. The first kappa shape index (κ1) is 16.2. The monoisotopic (exact) mass is 312 g/mol. The van der Waals surface area contributed by atoms with Crippen LogP contribution in [0.3, 0.4) is 0 Å². The van der Waals surface area contributed by atoms with Crippen LogP contribution in [0.2, 0.25) is 0 Å². The van der Waals surface area contributed by atoms with Gasteiger partial charge < -0.3 is 15.0 Å². The highest BCUT2D eigenvalue weighted by Gasteiger charge is 2.25. The smallest absolute Gasteiger partial charge is 0.311 e. The predicted octanol–water partition coefficient (Wildman–Crippen LogP) is 1.47. The summed E-state index contributed by atoms with van der Waals surface area (Å²) in [5, 5.41) is 2.51. The van der Waals surface area contributed by atoms with Crippen molar-refractivity contribution in [3.63, 3.8) is 0 Å². The average molecular weight is 312 g/mol.